The second kappa shape index (κ2) is 5.73. The first-order valence-electron chi connectivity index (χ1n) is 7.59. The molecule has 20 heavy (non-hydrogen) atoms. The number of rotatable bonds is 3. The molecule has 0 radical (unpaired) electrons. The second-order valence-corrected chi connectivity index (χ2v) is 5.60. The number of amides is 2. The van der Waals surface area contributed by atoms with Gasteiger partial charge in [-0.25, -0.2) is 4.79 Å². The van der Waals surface area contributed by atoms with Crippen LogP contribution in [0.3, 0.4) is 0 Å². The summed E-state index contributed by atoms with van der Waals surface area (Å²) < 4.78 is 5.55. The molecule has 1 N–H and O–H groups in total. The first-order valence-corrected chi connectivity index (χ1v) is 7.59. The number of nitrogens with one attached hydrogen (secondary N) is 1. The normalized spacial score (nSPS) is 24.6. The molecule has 2 aliphatic rings. The lowest BCUT2D eigenvalue weighted by molar-refractivity contribution is 0.203. The summed E-state index contributed by atoms with van der Waals surface area (Å²) >= 11 is 0. The van der Waals surface area contributed by atoms with Gasteiger partial charge in [0.25, 0.3) is 0 Å². The van der Waals surface area contributed by atoms with Gasteiger partial charge in [0.1, 0.15) is 5.75 Å². The van der Waals surface area contributed by atoms with Crippen LogP contribution in [0.1, 0.15) is 32.6 Å². The van der Waals surface area contributed by atoms with Crippen molar-refractivity contribution < 1.29 is 9.53 Å². The predicted molar refractivity (Wildman–Crippen MR) is 79.1 cm³/mol. The van der Waals surface area contributed by atoms with E-state index in [2.05, 4.69) is 5.32 Å². The molecule has 1 saturated heterocycles. The number of nitrogens with zero attached hydrogens (tertiary/aromatic N) is 1. The van der Waals surface area contributed by atoms with Gasteiger partial charge in [-0.2, -0.15) is 0 Å². The highest BCUT2D eigenvalue weighted by atomic mass is 16.5. The smallest absolute Gasteiger partial charge is 0.322 e. The minimum Gasteiger partial charge on any atom is -0.492 e. The zero-order valence-electron chi connectivity index (χ0n) is 12.0. The number of hydrogen-bond donors (Lipinski definition) is 1. The number of urea groups is 1. The lowest BCUT2D eigenvalue weighted by Gasteiger charge is -2.24. The molecule has 1 aromatic carbocycles. The Morgan fingerprint density at radius 3 is 3.05 bits per heavy atom. The van der Waals surface area contributed by atoms with Crippen LogP contribution in [0.4, 0.5) is 10.5 Å². The topological polar surface area (TPSA) is 41.6 Å². The van der Waals surface area contributed by atoms with E-state index in [4.69, 9.17) is 4.74 Å². The fourth-order valence-corrected chi connectivity index (χ4v) is 3.53. The van der Waals surface area contributed by atoms with Gasteiger partial charge < -0.3 is 15.0 Å². The van der Waals surface area contributed by atoms with Gasteiger partial charge in [0.15, 0.2) is 0 Å². The number of likely N-dealkylation sites (tertiary alicyclic amines) is 1. The molecule has 2 fully saturated rings. The highest BCUT2D eigenvalue weighted by Crippen LogP contribution is 2.38. The van der Waals surface area contributed by atoms with Crippen LogP contribution in [0.5, 0.6) is 5.75 Å². The molecule has 1 aliphatic carbocycles. The summed E-state index contributed by atoms with van der Waals surface area (Å²) in [6.07, 6.45) is 4.86. The van der Waals surface area contributed by atoms with Crippen molar-refractivity contribution in [3.05, 3.63) is 24.3 Å². The molecule has 0 spiro atoms. The zero-order chi connectivity index (χ0) is 13.9. The van der Waals surface area contributed by atoms with E-state index in [1.807, 2.05) is 36.1 Å². The molecule has 3 rings (SSSR count). The van der Waals surface area contributed by atoms with Crippen LogP contribution in [0.25, 0.3) is 0 Å². The Morgan fingerprint density at radius 1 is 1.35 bits per heavy atom. The first-order chi connectivity index (χ1) is 9.79. The zero-order valence-corrected chi connectivity index (χ0v) is 12.0. The maximum Gasteiger partial charge on any atom is 0.322 e. The summed E-state index contributed by atoms with van der Waals surface area (Å²) in [4.78, 5) is 14.5. The van der Waals surface area contributed by atoms with Gasteiger partial charge in [-0.1, -0.05) is 18.6 Å². The van der Waals surface area contributed by atoms with E-state index in [-0.39, 0.29) is 6.03 Å². The summed E-state index contributed by atoms with van der Waals surface area (Å²) in [5.41, 5.74) is 0.765. The standard InChI is InChI=1S/C16H22N2O2/c1-2-20-15-9-4-3-7-13(15)17-16(19)18-11-10-12-6-5-8-14(12)18/h3-4,7,9,12,14H,2,5-6,8,10-11H2,1H3,(H,17,19)/t12-,14-/m1/s1. The molecular formula is C16H22N2O2. The van der Waals surface area contributed by atoms with E-state index in [1.165, 1.54) is 12.8 Å². The van der Waals surface area contributed by atoms with Crippen molar-refractivity contribution in [2.45, 2.75) is 38.6 Å². The molecule has 2 atom stereocenters. The van der Waals surface area contributed by atoms with Crippen LogP contribution < -0.4 is 10.1 Å². The van der Waals surface area contributed by atoms with Crippen LogP contribution >= 0.6 is 0 Å². The van der Waals surface area contributed by atoms with Crippen LogP contribution in [-0.4, -0.2) is 30.1 Å². The van der Waals surface area contributed by atoms with Gasteiger partial charge in [-0.3, -0.25) is 0 Å². The lowest BCUT2D eigenvalue weighted by atomic mass is 10.1. The molecule has 0 aromatic heterocycles. The van der Waals surface area contributed by atoms with E-state index in [0.29, 0.717) is 12.6 Å². The van der Waals surface area contributed by atoms with E-state index in [1.54, 1.807) is 0 Å². The van der Waals surface area contributed by atoms with Gasteiger partial charge >= 0.3 is 6.03 Å². The Kier molecular flexibility index (Phi) is 3.81. The van der Waals surface area contributed by atoms with E-state index < -0.39 is 0 Å². The molecular weight excluding hydrogens is 252 g/mol. The summed E-state index contributed by atoms with van der Waals surface area (Å²) in [7, 11) is 0. The fourth-order valence-electron chi connectivity index (χ4n) is 3.53. The van der Waals surface area contributed by atoms with Crippen molar-refractivity contribution in [2.75, 3.05) is 18.5 Å². The molecule has 4 heteroatoms. The molecule has 1 aromatic rings. The van der Waals surface area contributed by atoms with Crippen molar-refractivity contribution in [3.63, 3.8) is 0 Å². The van der Waals surface area contributed by atoms with Gasteiger partial charge in [-0.05, 0) is 44.2 Å². The third-order valence-corrected chi connectivity index (χ3v) is 4.45. The van der Waals surface area contributed by atoms with E-state index >= 15 is 0 Å². The number of benzene rings is 1. The molecule has 1 heterocycles. The molecule has 0 unspecified atom stereocenters. The van der Waals surface area contributed by atoms with Crippen LogP contribution in [0, 0.1) is 5.92 Å². The Labute approximate surface area is 120 Å². The van der Waals surface area contributed by atoms with Gasteiger partial charge in [0.2, 0.25) is 0 Å². The maximum atomic E-state index is 12.5. The van der Waals surface area contributed by atoms with Crippen molar-refractivity contribution in [2.24, 2.45) is 5.92 Å². The van der Waals surface area contributed by atoms with Crippen molar-refractivity contribution in [3.8, 4) is 5.75 Å². The Morgan fingerprint density at radius 2 is 2.20 bits per heavy atom. The van der Waals surface area contributed by atoms with Crippen LogP contribution in [0.2, 0.25) is 0 Å². The average Bonchev–Trinajstić information content (AvgIpc) is 3.03. The highest BCUT2D eigenvalue weighted by molar-refractivity contribution is 5.91. The third-order valence-electron chi connectivity index (χ3n) is 4.45. The minimum atomic E-state index is 0.0200. The Hall–Kier alpha value is -1.71. The van der Waals surface area contributed by atoms with E-state index in [0.717, 1.165) is 36.7 Å². The van der Waals surface area contributed by atoms with Gasteiger partial charge in [-0.15, -0.1) is 0 Å². The van der Waals surface area contributed by atoms with Crippen molar-refractivity contribution >= 4 is 11.7 Å². The third kappa shape index (κ3) is 2.47. The predicted octanol–water partition coefficient (Wildman–Crippen LogP) is 3.49. The largest absolute Gasteiger partial charge is 0.492 e. The molecule has 1 aliphatic heterocycles. The van der Waals surface area contributed by atoms with Crippen molar-refractivity contribution in [1.29, 1.82) is 0 Å². The molecule has 108 valence electrons. The fraction of sp³-hybridized carbons (Fsp3) is 0.562. The quantitative estimate of drug-likeness (QED) is 0.916. The van der Waals surface area contributed by atoms with Gasteiger partial charge in [0, 0.05) is 12.6 Å². The van der Waals surface area contributed by atoms with E-state index in [9.17, 15) is 4.79 Å². The number of ether oxygens (including phenoxy) is 1. The van der Waals surface area contributed by atoms with Gasteiger partial charge in [0.05, 0.1) is 12.3 Å². The SMILES string of the molecule is CCOc1ccccc1NC(=O)N1CC[C@H]2CCC[C@H]21. The van der Waals surface area contributed by atoms with Crippen molar-refractivity contribution in [1.82, 2.24) is 4.90 Å². The second-order valence-electron chi connectivity index (χ2n) is 5.60. The number of para-hydroxylation sites is 2. The Bertz CT molecular complexity index is 489. The number of carbonyl (C=O) groups excluding carboxylic acids is 1. The number of carbonyl (C=O) groups is 1. The number of hydrogen-bond acceptors (Lipinski definition) is 2. The summed E-state index contributed by atoms with van der Waals surface area (Å²) in [6.45, 7) is 3.43. The Balaban J connectivity index is 1.70. The molecule has 2 amide bonds. The highest BCUT2D eigenvalue weighted by Gasteiger charge is 2.39. The molecule has 0 bridgehead atoms. The molecule has 4 nitrogen and oxygen atoms in total. The average molecular weight is 274 g/mol. The number of fused-ring (bicyclic) bond motifs is 1. The summed E-state index contributed by atoms with van der Waals surface area (Å²) in [6, 6.07) is 8.09. The lowest BCUT2D eigenvalue weighted by Crippen LogP contribution is -2.39. The number of anilines is 1. The van der Waals surface area contributed by atoms with Crippen LogP contribution in [-0.2, 0) is 0 Å². The summed E-state index contributed by atoms with van der Waals surface area (Å²) in [5, 5.41) is 3.01. The van der Waals surface area contributed by atoms with Crippen LogP contribution in [0.15, 0.2) is 24.3 Å². The maximum absolute atomic E-state index is 12.5. The molecule has 1 saturated carbocycles. The minimum absolute atomic E-state index is 0.0200. The monoisotopic (exact) mass is 274 g/mol. The summed E-state index contributed by atoms with van der Waals surface area (Å²) in [5.74, 6) is 1.47. The first kappa shape index (κ1) is 13.3.